The normalized spacial score (nSPS) is 13.0. The van der Waals surface area contributed by atoms with Crippen LogP contribution in [0.2, 0.25) is 0 Å². The van der Waals surface area contributed by atoms with Crippen LogP contribution in [-0.2, 0) is 6.18 Å². The second kappa shape index (κ2) is 6.88. The van der Waals surface area contributed by atoms with Crippen molar-refractivity contribution in [1.82, 2.24) is 0 Å². The third kappa shape index (κ3) is 3.44. The molecule has 0 unspecified atom stereocenters. The molecule has 0 radical (unpaired) electrons. The van der Waals surface area contributed by atoms with Gasteiger partial charge in [-0.25, -0.2) is 0 Å². The number of aromatic hydroxyl groups is 2. The van der Waals surface area contributed by atoms with Gasteiger partial charge >= 0.3 is 6.18 Å². The molecule has 0 aliphatic carbocycles. The molecule has 9 heteroatoms. The second-order valence-electron chi connectivity index (χ2n) is 5.10. The van der Waals surface area contributed by atoms with Crippen LogP contribution in [-0.4, -0.2) is 23.0 Å². The molecule has 1 aromatic carbocycles. The van der Waals surface area contributed by atoms with Crippen molar-refractivity contribution >= 4 is 22.8 Å². The Morgan fingerprint density at radius 2 is 2.04 bits per heavy atom. The summed E-state index contributed by atoms with van der Waals surface area (Å²) in [4.78, 5) is 16.5. The van der Waals surface area contributed by atoms with Crippen LogP contribution in [0.25, 0.3) is 16.5 Å². The highest BCUT2D eigenvalue weighted by molar-refractivity contribution is 6.10. The average Bonchev–Trinajstić information content (AvgIpc) is 2.55. The molecule has 6 nitrogen and oxygen atoms in total. The summed E-state index contributed by atoms with van der Waals surface area (Å²) in [7, 11) is 0. The van der Waals surface area contributed by atoms with Crippen LogP contribution in [0.1, 0.15) is 24.7 Å². The number of hydrogen-bond acceptors (Lipinski definition) is 6. The van der Waals surface area contributed by atoms with Gasteiger partial charge < -0.3 is 20.4 Å². The Hall–Kier alpha value is -2.97. The summed E-state index contributed by atoms with van der Waals surface area (Å²) >= 11 is 0. The molecule has 1 heterocycles. The smallest absolute Gasteiger partial charge is 0.450 e. The van der Waals surface area contributed by atoms with E-state index in [1.807, 2.05) is 6.92 Å². The van der Waals surface area contributed by atoms with Gasteiger partial charge in [-0.1, -0.05) is 6.92 Å². The zero-order valence-electron chi connectivity index (χ0n) is 13.1. The maximum atomic E-state index is 13.4. The summed E-state index contributed by atoms with van der Waals surface area (Å²) in [5.74, 6) is -3.30. The van der Waals surface area contributed by atoms with E-state index in [1.54, 1.807) is 0 Å². The number of phenols is 2. The molecule has 4 N–H and O–H groups in total. The van der Waals surface area contributed by atoms with Gasteiger partial charge in [0.05, 0.1) is 10.9 Å². The molecule has 2 aromatic rings. The maximum Gasteiger partial charge on any atom is 0.450 e. The number of halogens is 3. The highest BCUT2D eigenvalue weighted by Gasteiger charge is 2.40. The lowest BCUT2D eigenvalue weighted by Gasteiger charge is -2.13. The molecule has 0 saturated carbocycles. The average molecular weight is 356 g/mol. The van der Waals surface area contributed by atoms with Crippen molar-refractivity contribution in [3.8, 4) is 11.5 Å². The first-order valence-electron chi connectivity index (χ1n) is 7.23. The van der Waals surface area contributed by atoms with Gasteiger partial charge in [0, 0.05) is 24.5 Å². The van der Waals surface area contributed by atoms with Crippen molar-refractivity contribution < 1.29 is 27.8 Å². The SMILES string of the molecule is CCCN=C/C(=C\N)c1c(C(F)(F)F)oc2c(O)c(O)ccc2c1=O. The lowest BCUT2D eigenvalue weighted by atomic mass is 10.0. The third-order valence-corrected chi connectivity index (χ3v) is 3.32. The molecule has 0 fully saturated rings. The summed E-state index contributed by atoms with van der Waals surface area (Å²) in [6.07, 6.45) is -2.49. The van der Waals surface area contributed by atoms with Crippen molar-refractivity contribution in [2.45, 2.75) is 19.5 Å². The Bertz CT molecular complexity index is 914. The van der Waals surface area contributed by atoms with Crippen molar-refractivity contribution in [2.75, 3.05) is 6.54 Å². The molecule has 134 valence electrons. The molecule has 25 heavy (non-hydrogen) atoms. The Morgan fingerprint density at radius 3 is 2.60 bits per heavy atom. The monoisotopic (exact) mass is 356 g/mol. The molecular weight excluding hydrogens is 341 g/mol. The fourth-order valence-corrected chi connectivity index (χ4v) is 2.18. The number of benzene rings is 1. The molecule has 0 amide bonds. The summed E-state index contributed by atoms with van der Waals surface area (Å²) in [6, 6.07) is 2.03. The van der Waals surface area contributed by atoms with E-state index in [2.05, 4.69) is 4.99 Å². The maximum absolute atomic E-state index is 13.4. The number of allylic oxidation sites excluding steroid dienone is 1. The molecule has 0 aliphatic rings. The summed E-state index contributed by atoms with van der Waals surface area (Å²) < 4.78 is 44.9. The fraction of sp³-hybridized carbons (Fsp3) is 0.250. The van der Waals surface area contributed by atoms with Crippen LogP contribution < -0.4 is 11.2 Å². The van der Waals surface area contributed by atoms with Crippen LogP contribution in [0, 0.1) is 0 Å². The highest BCUT2D eigenvalue weighted by Crippen LogP contribution is 2.39. The van der Waals surface area contributed by atoms with Crippen molar-refractivity contribution in [3.63, 3.8) is 0 Å². The van der Waals surface area contributed by atoms with Crippen molar-refractivity contribution in [3.05, 3.63) is 39.9 Å². The molecule has 0 atom stereocenters. The Kier molecular flexibility index (Phi) is 5.05. The van der Waals surface area contributed by atoms with E-state index in [4.69, 9.17) is 10.2 Å². The second-order valence-corrected chi connectivity index (χ2v) is 5.10. The predicted octanol–water partition coefficient (Wildman–Crippen LogP) is 3.00. The topological polar surface area (TPSA) is 109 Å². The van der Waals surface area contributed by atoms with E-state index < -0.39 is 40.0 Å². The molecule has 1 aromatic heterocycles. The number of nitrogens with two attached hydrogens (primary N) is 1. The predicted molar refractivity (Wildman–Crippen MR) is 86.6 cm³/mol. The number of alkyl halides is 3. The van der Waals surface area contributed by atoms with Crippen LogP contribution in [0.15, 0.2) is 32.5 Å². The Morgan fingerprint density at radius 1 is 1.36 bits per heavy atom. The van der Waals surface area contributed by atoms with Crippen molar-refractivity contribution in [2.24, 2.45) is 10.7 Å². The number of phenolic OH excluding ortho intramolecular Hbond substituents is 2. The fourth-order valence-electron chi connectivity index (χ4n) is 2.18. The zero-order chi connectivity index (χ0) is 18.8. The first-order valence-corrected chi connectivity index (χ1v) is 7.23. The lowest BCUT2D eigenvalue weighted by Crippen LogP contribution is -2.19. The minimum absolute atomic E-state index is 0.260. The van der Waals surface area contributed by atoms with Gasteiger partial charge in [0.1, 0.15) is 0 Å². The number of aliphatic imine (C=N–C) groups is 1. The van der Waals surface area contributed by atoms with Gasteiger partial charge in [-0.05, 0) is 18.6 Å². The van der Waals surface area contributed by atoms with Gasteiger partial charge in [-0.2, -0.15) is 13.2 Å². The van der Waals surface area contributed by atoms with Gasteiger partial charge in [-0.3, -0.25) is 9.79 Å². The van der Waals surface area contributed by atoms with Crippen LogP contribution in [0.3, 0.4) is 0 Å². The van der Waals surface area contributed by atoms with E-state index in [9.17, 15) is 28.2 Å². The first kappa shape index (κ1) is 18.4. The first-order chi connectivity index (χ1) is 11.7. The largest absolute Gasteiger partial charge is 0.504 e. The number of nitrogens with zero attached hydrogens (tertiary/aromatic N) is 1. The Labute approximate surface area is 139 Å². The van der Waals surface area contributed by atoms with Crippen LogP contribution >= 0.6 is 0 Å². The highest BCUT2D eigenvalue weighted by atomic mass is 19.4. The van der Waals surface area contributed by atoms with Gasteiger partial charge in [-0.15, -0.1) is 0 Å². The van der Waals surface area contributed by atoms with E-state index in [-0.39, 0.29) is 11.0 Å². The zero-order valence-corrected chi connectivity index (χ0v) is 13.1. The summed E-state index contributed by atoms with van der Waals surface area (Å²) in [6.45, 7) is 2.16. The van der Waals surface area contributed by atoms with E-state index in [0.29, 0.717) is 13.0 Å². The van der Waals surface area contributed by atoms with Gasteiger partial charge in [0.2, 0.25) is 16.9 Å². The lowest BCUT2D eigenvalue weighted by molar-refractivity contribution is -0.153. The minimum atomic E-state index is -5.03. The van der Waals surface area contributed by atoms with Crippen molar-refractivity contribution in [1.29, 1.82) is 0 Å². The van der Waals surface area contributed by atoms with E-state index in [1.165, 1.54) is 0 Å². The van der Waals surface area contributed by atoms with E-state index >= 15 is 0 Å². The van der Waals surface area contributed by atoms with Crippen LogP contribution in [0.4, 0.5) is 13.2 Å². The minimum Gasteiger partial charge on any atom is -0.504 e. The molecule has 2 rings (SSSR count). The molecule has 0 saturated heterocycles. The standard InChI is InChI=1S/C16H15F3N2O4/c1-2-5-21-7-8(6-20)11-12(23)9-3-4-10(22)13(24)14(9)25-15(11)16(17,18)19/h3-4,6-7,22,24H,2,5,20H2,1H3/b8-6+,21-7?. The third-order valence-electron chi connectivity index (χ3n) is 3.32. The van der Waals surface area contributed by atoms with Gasteiger partial charge in [0.25, 0.3) is 0 Å². The molecular formula is C16H15F3N2O4. The number of hydrogen-bond donors (Lipinski definition) is 3. The molecule has 0 aliphatic heterocycles. The van der Waals surface area contributed by atoms with Crippen LogP contribution in [0.5, 0.6) is 11.5 Å². The number of rotatable bonds is 4. The molecule has 0 bridgehead atoms. The molecule has 0 spiro atoms. The summed E-state index contributed by atoms with van der Waals surface area (Å²) in [5, 5.41) is 18.8. The van der Waals surface area contributed by atoms with E-state index in [0.717, 1.165) is 24.5 Å². The summed E-state index contributed by atoms with van der Waals surface area (Å²) in [5.41, 5.74) is 2.49. The quantitative estimate of drug-likeness (QED) is 0.576. The Balaban J connectivity index is 2.89. The van der Waals surface area contributed by atoms with Gasteiger partial charge in [0.15, 0.2) is 11.3 Å². The number of fused-ring (bicyclic) bond motifs is 1.